The maximum absolute atomic E-state index is 13.8. The van der Waals surface area contributed by atoms with E-state index in [1.165, 1.54) is 25.3 Å². The van der Waals surface area contributed by atoms with Gasteiger partial charge in [0.1, 0.15) is 5.82 Å². The average molecular weight is 450 g/mol. The Morgan fingerprint density at radius 2 is 1.92 bits per heavy atom. The first-order valence-corrected chi connectivity index (χ1v) is 8.43. The molecule has 1 aromatic carbocycles. The molecule has 0 unspecified atom stereocenters. The zero-order valence-electron chi connectivity index (χ0n) is 15.4. The molecule has 0 fully saturated rings. The zero-order valence-corrected chi connectivity index (χ0v) is 17.7. The van der Waals surface area contributed by atoms with Crippen molar-refractivity contribution in [1.29, 1.82) is 0 Å². The number of aliphatic imine (C=N–C) groups is 1. The molecule has 0 heterocycles. The lowest BCUT2D eigenvalue weighted by atomic mass is 10.1. The van der Waals surface area contributed by atoms with Crippen LogP contribution in [-0.4, -0.2) is 38.5 Å². The quantitative estimate of drug-likeness (QED) is 0.261. The van der Waals surface area contributed by atoms with Gasteiger partial charge >= 0.3 is 0 Å². The number of nitrogens with one attached hydrogen (secondary N) is 2. The lowest BCUT2D eigenvalue weighted by molar-refractivity contribution is 0.392. The standard InChI is InChI=1S/C18H31FN4.HI/c1-5-6-7-8-11-21-18(20-2)22-13-15-9-10-17(19)16(12-15)14-23(3)4;/h9-10,12H,5-8,11,13-14H2,1-4H3,(H2,20,21,22);1H. The van der Waals surface area contributed by atoms with E-state index >= 15 is 0 Å². The lowest BCUT2D eigenvalue weighted by Gasteiger charge is -2.14. The minimum absolute atomic E-state index is 0. The average Bonchev–Trinajstić information content (AvgIpc) is 2.52. The fourth-order valence-electron chi connectivity index (χ4n) is 2.36. The Balaban J connectivity index is 0.00000529. The maximum Gasteiger partial charge on any atom is 0.191 e. The van der Waals surface area contributed by atoms with Crippen LogP contribution in [0.2, 0.25) is 0 Å². The van der Waals surface area contributed by atoms with E-state index in [4.69, 9.17) is 0 Å². The predicted octanol–water partition coefficient (Wildman–Crippen LogP) is 3.75. The summed E-state index contributed by atoms with van der Waals surface area (Å²) in [6.07, 6.45) is 4.91. The zero-order chi connectivity index (χ0) is 17.1. The van der Waals surface area contributed by atoms with Crippen molar-refractivity contribution < 1.29 is 4.39 Å². The molecule has 0 spiro atoms. The van der Waals surface area contributed by atoms with Crippen LogP contribution >= 0.6 is 24.0 Å². The van der Waals surface area contributed by atoms with Crippen LogP contribution < -0.4 is 10.6 Å². The van der Waals surface area contributed by atoms with Gasteiger partial charge in [-0.2, -0.15) is 0 Å². The van der Waals surface area contributed by atoms with E-state index in [2.05, 4.69) is 22.5 Å². The molecule has 0 aliphatic carbocycles. The summed E-state index contributed by atoms with van der Waals surface area (Å²) >= 11 is 0. The van der Waals surface area contributed by atoms with Crippen molar-refractivity contribution in [2.24, 2.45) is 4.99 Å². The van der Waals surface area contributed by atoms with Gasteiger partial charge in [0.05, 0.1) is 0 Å². The van der Waals surface area contributed by atoms with Gasteiger partial charge in [0.25, 0.3) is 0 Å². The topological polar surface area (TPSA) is 39.7 Å². The molecule has 0 radical (unpaired) electrons. The summed E-state index contributed by atoms with van der Waals surface area (Å²) in [5, 5.41) is 6.59. The van der Waals surface area contributed by atoms with Crippen LogP contribution in [0.3, 0.4) is 0 Å². The third-order valence-corrected chi connectivity index (χ3v) is 3.60. The van der Waals surface area contributed by atoms with E-state index in [-0.39, 0.29) is 29.8 Å². The van der Waals surface area contributed by atoms with Crippen LogP contribution in [0.25, 0.3) is 0 Å². The monoisotopic (exact) mass is 450 g/mol. The molecular weight excluding hydrogens is 418 g/mol. The molecule has 1 rings (SSSR count). The summed E-state index contributed by atoms with van der Waals surface area (Å²) < 4.78 is 13.8. The molecule has 0 saturated heterocycles. The number of nitrogens with zero attached hydrogens (tertiary/aromatic N) is 2. The summed E-state index contributed by atoms with van der Waals surface area (Å²) in [5.41, 5.74) is 1.77. The molecule has 0 aliphatic heterocycles. The fourth-order valence-corrected chi connectivity index (χ4v) is 2.36. The van der Waals surface area contributed by atoms with Gasteiger partial charge in [-0.25, -0.2) is 4.39 Å². The van der Waals surface area contributed by atoms with Crippen LogP contribution in [0.4, 0.5) is 4.39 Å². The number of rotatable bonds is 9. The van der Waals surface area contributed by atoms with Crippen LogP contribution in [-0.2, 0) is 13.1 Å². The molecule has 0 amide bonds. The van der Waals surface area contributed by atoms with Crippen LogP contribution in [0.15, 0.2) is 23.2 Å². The van der Waals surface area contributed by atoms with Crippen molar-refractivity contribution >= 4 is 29.9 Å². The Morgan fingerprint density at radius 1 is 1.17 bits per heavy atom. The summed E-state index contributed by atoms with van der Waals surface area (Å²) in [4.78, 5) is 6.19. The number of hydrogen-bond acceptors (Lipinski definition) is 2. The molecule has 0 atom stereocenters. The summed E-state index contributed by atoms with van der Waals surface area (Å²) in [6.45, 7) is 4.37. The first-order valence-electron chi connectivity index (χ1n) is 8.43. The van der Waals surface area contributed by atoms with Gasteiger partial charge in [-0.1, -0.05) is 32.3 Å². The van der Waals surface area contributed by atoms with Crippen molar-refractivity contribution in [3.63, 3.8) is 0 Å². The Bertz CT molecular complexity index is 492. The van der Waals surface area contributed by atoms with Gasteiger partial charge in [0, 0.05) is 32.2 Å². The first-order chi connectivity index (χ1) is 11.1. The SMILES string of the molecule is CCCCCCNC(=NC)NCc1ccc(F)c(CN(C)C)c1.I. The highest BCUT2D eigenvalue weighted by atomic mass is 127. The lowest BCUT2D eigenvalue weighted by Crippen LogP contribution is -2.37. The highest BCUT2D eigenvalue weighted by Gasteiger charge is 2.05. The van der Waals surface area contributed by atoms with Gasteiger partial charge in [-0.05, 0) is 38.2 Å². The molecule has 4 nitrogen and oxygen atoms in total. The van der Waals surface area contributed by atoms with Gasteiger partial charge in [0.15, 0.2) is 5.96 Å². The molecule has 0 saturated carbocycles. The third kappa shape index (κ3) is 9.42. The first kappa shape index (κ1) is 23.1. The molecule has 24 heavy (non-hydrogen) atoms. The van der Waals surface area contributed by atoms with Crippen LogP contribution in [0.1, 0.15) is 43.7 Å². The van der Waals surface area contributed by atoms with Gasteiger partial charge < -0.3 is 15.5 Å². The highest BCUT2D eigenvalue weighted by molar-refractivity contribution is 14.0. The van der Waals surface area contributed by atoms with Crippen molar-refractivity contribution in [2.45, 2.75) is 45.7 Å². The van der Waals surface area contributed by atoms with Crippen molar-refractivity contribution in [3.8, 4) is 0 Å². The maximum atomic E-state index is 13.8. The largest absolute Gasteiger partial charge is 0.356 e. The molecule has 0 aliphatic rings. The van der Waals surface area contributed by atoms with E-state index < -0.39 is 0 Å². The minimum atomic E-state index is -0.152. The fraction of sp³-hybridized carbons (Fsp3) is 0.611. The number of benzene rings is 1. The summed E-state index contributed by atoms with van der Waals surface area (Å²) in [6, 6.07) is 5.27. The molecule has 2 N–H and O–H groups in total. The van der Waals surface area contributed by atoms with Gasteiger partial charge in [-0.15, -0.1) is 24.0 Å². The second-order valence-corrected chi connectivity index (χ2v) is 6.08. The number of hydrogen-bond donors (Lipinski definition) is 2. The van der Waals surface area contributed by atoms with Crippen LogP contribution in [0.5, 0.6) is 0 Å². The minimum Gasteiger partial charge on any atom is -0.356 e. The van der Waals surface area contributed by atoms with E-state index in [1.807, 2.05) is 31.1 Å². The Hall–Kier alpha value is -0.890. The second-order valence-electron chi connectivity index (χ2n) is 6.08. The Morgan fingerprint density at radius 3 is 2.54 bits per heavy atom. The summed E-state index contributed by atoms with van der Waals surface area (Å²) in [7, 11) is 5.65. The number of unbranched alkanes of at least 4 members (excludes halogenated alkanes) is 3. The van der Waals surface area contributed by atoms with E-state index in [9.17, 15) is 4.39 Å². The van der Waals surface area contributed by atoms with Crippen molar-refractivity contribution in [3.05, 3.63) is 35.1 Å². The predicted molar refractivity (Wildman–Crippen MR) is 112 cm³/mol. The van der Waals surface area contributed by atoms with Crippen molar-refractivity contribution in [1.82, 2.24) is 15.5 Å². The molecule has 0 bridgehead atoms. The van der Waals surface area contributed by atoms with E-state index in [0.717, 1.165) is 30.1 Å². The Labute approximate surface area is 163 Å². The number of guanidine groups is 1. The normalized spacial score (nSPS) is 11.3. The highest BCUT2D eigenvalue weighted by Crippen LogP contribution is 2.12. The summed E-state index contributed by atoms with van der Waals surface area (Å²) in [5.74, 6) is 0.640. The molecule has 1 aromatic rings. The molecule has 138 valence electrons. The Kier molecular flexibility index (Phi) is 12.9. The van der Waals surface area contributed by atoms with Crippen molar-refractivity contribution in [2.75, 3.05) is 27.7 Å². The van der Waals surface area contributed by atoms with Gasteiger partial charge in [0.2, 0.25) is 0 Å². The second kappa shape index (κ2) is 13.4. The van der Waals surface area contributed by atoms with Crippen LogP contribution in [0, 0.1) is 5.82 Å². The number of halogens is 2. The molecule has 6 heteroatoms. The third-order valence-electron chi connectivity index (χ3n) is 3.60. The smallest absolute Gasteiger partial charge is 0.191 e. The van der Waals surface area contributed by atoms with Gasteiger partial charge in [-0.3, -0.25) is 4.99 Å². The van der Waals surface area contributed by atoms with E-state index in [1.54, 1.807) is 7.05 Å². The van der Waals surface area contributed by atoms with E-state index in [0.29, 0.717) is 13.1 Å². The molecule has 0 aromatic heterocycles. The molecular formula is C18H32FIN4.